The van der Waals surface area contributed by atoms with Gasteiger partial charge < -0.3 is 10.2 Å². The summed E-state index contributed by atoms with van der Waals surface area (Å²) in [4.78, 5) is 35.6. The topological polar surface area (TPSA) is 80.1 Å². The van der Waals surface area contributed by atoms with E-state index < -0.39 is 0 Å². The number of carbonyl (C=O) groups excluding carboxylic acids is 1. The highest BCUT2D eigenvalue weighted by Crippen LogP contribution is 2.17. The van der Waals surface area contributed by atoms with Crippen LogP contribution in [-0.4, -0.2) is 39.6 Å². The van der Waals surface area contributed by atoms with Gasteiger partial charge in [0.25, 0.3) is 5.56 Å². The van der Waals surface area contributed by atoms with Crippen LogP contribution in [0.5, 0.6) is 0 Å². The lowest BCUT2D eigenvalue weighted by atomic mass is 10.2. The zero-order chi connectivity index (χ0) is 17.9. The Morgan fingerprint density at radius 1 is 1.15 bits per heavy atom. The number of amides is 1. The standard InChI is InChI=1S/C19H19N5O2/c25-18(12-24-13-21-16-6-2-1-5-15(16)19(24)26)22-14-8-10-23(11-14)17-7-3-4-9-20-17/h1-7,9,13-14H,8,10-12H2,(H,22,25). The molecule has 0 spiro atoms. The molecule has 7 heteroatoms. The second kappa shape index (κ2) is 6.95. The molecule has 7 nitrogen and oxygen atoms in total. The van der Waals surface area contributed by atoms with E-state index in [-0.39, 0.29) is 24.1 Å². The molecule has 1 unspecified atom stereocenters. The fourth-order valence-corrected chi connectivity index (χ4v) is 3.27. The number of nitrogens with zero attached hydrogens (tertiary/aromatic N) is 4. The van der Waals surface area contributed by atoms with Crippen molar-refractivity contribution in [1.82, 2.24) is 19.9 Å². The van der Waals surface area contributed by atoms with Crippen LogP contribution in [0.3, 0.4) is 0 Å². The van der Waals surface area contributed by atoms with Crippen LogP contribution >= 0.6 is 0 Å². The zero-order valence-electron chi connectivity index (χ0n) is 14.2. The minimum atomic E-state index is -0.202. The van der Waals surface area contributed by atoms with Gasteiger partial charge in [0.05, 0.1) is 17.2 Å². The number of rotatable bonds is 4. The van der Waals surface area contributed by atoms with Crippen LogP contribution in [0, 0.1) is 0 Å². The Kier molecular flexibility index (Phi) is 4.35. The van der Waals surface area contributed by atoms with Gasteiger partial charge >= 0.3 is 0 Å². The van der Waals surface area contributed by atoms with Crippen LogP contribution in [-0.2, 0) is 11.3 Å². The molecule has 1 aromatic carbocycles. The summed E-state index contributed by atoms with van der Waals surface area (Å²) >= 11 is 0. The lowest BCUT2D eigenvalue weighted by molar-refractivity contribution is -0.122. The molecule has 1 saturated heterocycles. The van der Waals surface area contributed by atoms with Crippen molar-refractivity contribution >= 4 is 22.6 Å². The van der Waals surface area contributed by atoms with Gasteiger partial charge in [-0.05, 0) is 30.7 Å². The number of anilines is 1. The minimum absolute atomic E-state index is 0.0310. The highest BCUT2D eigenvalue weighted by atomic mass is 16.2. The summed E-state index contributed by atoms with van der Waals surface area (Å²) in [5.41, 5.74) is 0.434. The molecule has 3 aromatic rings. The molecule has 1 aliphatic heterocycles. The van der Waals surface area contributed by atoms with E-state index in [1.54, 1.807) is 24.4 Å². The van der Waals surface area contributed by atoms with Crippen molar-refractivity contribution in [3.8, 4) is 0 Å². The van der Waals surface area contributed by atoms with Crippen LogP contribution < -0.4 is 15.8 Å². The Labute approximate surface area is 150 Å². The van der Waals surface area contributed by atoms with Gasteiger partial charge in [-0.1, -0.05) is 18.2 Å². The van der Waals surface area contributed by atoms with Crippen molar-refractivity contribution in [2.24, 2.45) is 0 Å². The van der Waals surface area contributed by atoms with Gasteiger partial charge in [-0.2, -0.15) is 0 Å². The number of fused-ring (bicyclic) bond motifs is 1. The molecule has 1 aliphatic rings. The summed E-state index contributed by atoms with van der Waals surface area (Å²) in [6.07, 6.45) is 4.05. The molecular weight excluding hydrogens is 330 g/mol. The maximum absolute atomic E-state index is 12.5. The highest BCUT2D eigenvalue weighted by Gasteiger charge is 2.24. The van der Waals surface area contributed by atoms with Crippen molar-refractivity contribution in [2.75, 3.05) is 18.0 Å². The highest BCUT2D eigenvalue weighted by molar-refractivity contribution is 5.79. The smallest absolute Gasteiger partial charge is 0.261 e. The zero-order valence-corrected chi connectivity index (χ0v) is 14.2. The van der Waals surface area contributed by atoms with E-state index in [2.05, 4.69) is 20.2 Å². The maximum Gasteiger partial charge on any atom is 0.261 e. The summed E-state index contributed by atoms with van der Waals surface area (Å²) in [5, 5.41) is 3.53. The molecule has 0 bridgehead atoms. The summed E-state index contributed by atoms with van der Waals surface area (Å²) in [6.45, 7) is 1.53. The molecular formula is C19H19N5O2. The lowest BCUT2D eigenvalue weighted by Gasteiger charge is -2.18. The molecule has 1 fully saturated rings. The molecule has 0 aliphatic carbocycles. The largest absolute Gasteiger partial charge is 0.354 e. The molecule has 2 aromatic heterocycles. The van der Waals surface area contributed by atoms with Gasteiger partial charge in [0.15, 0.2) is 0 Å². The number of nitrogens with one attached hydrogen (secondary N) is 1. The van der Waals surface area contributed by atoms with E-state index in [1.807, 2.05) is 24.3 Å². The summed E-state index contributed by atoms with van der Waals surface area (Å²) in [7, 11) is 0. The van der Waals surface area contributed by atoms with E-state index in [9.17, 15) is 9.59 Å². The molecule has 3 heterocycles. The van der Waals surface area contributed by atoms with Gasteiger partial charge in [-0.15, -0.1) is 0 Å². The molecule has 0 saturated carbocycles. The van der Waals surface area contributed by atoms with Crippen LogP contribution in [0.1, 0.15) is 6.42 Å². The number of carbonyl (C=O) groups is 1. The normalized spacial score (nSPS) is 16.8. The first kappa shape index (κ1) is 16.3. The third kappa shape index (κ3) is 3.28. The van der Waals surface area contributed by atoms with E-state index in [1.165, 1.54) is 10.9 Å². The third-order valence-electron chi connectivity index (χ3n) is 4.57. The van der Waals surface area contributed by atoms with E-state index in [4.69, 9.17) is 0 Å². The first-order chi connectivity index (χ1) is 12.7. The third-order valence-corrected chi connectivity index (χ3v) is 4.57. The van der Waals surface area contributed by atoms with Crippen LogP contribution in [0.2, 0.25) is 0 Å². The van der Waals surface area contributed by atoms with Gasteiger partial charge in [0, 0.05) is 25.3 Å². The summed E-state index contributed by atoms with van der Waals surface area (Å²) in [6, 6.07) is 13.0. The van der Waals surface area contributed by atoms with Crippen molar-refractivity contribution in [3.63, 3.8) is 0 Å². The Balaban J connectivity index is 1.41. The lowest BCUT2D eigenvalue weighted by Crippen LogP contribution is -2.40. The molecule has 0 radical (unpaired) electrons. The fraction of sp³-hybridized carbons (Fsp3) is 0.263. The van der Waals surface area contributed by atoms with Crippen molar-refractivity contribution in [3.05, 3.63) is 65.3 Å². The Hall–Kier alpha value is -3.22. The number of hydrogen-bond acceptors (Lipinski definition) is 5. The number of hydrogen-bond donors (Lipinski definition) is 1. The van der Waals surface area contributed by atoms with E-state index >= 15 is 0 Å². The van der Waals surface area contributed by atoms with Gasteiger partial charge in [-0.25, -0.2) is 9.97 Å². The van der Waals surface area contributed by atoms with Crippen molar-refractivity contribution in [2.45, 2.75) is 19.0 Å². The molecule has 132 valence electrons. The quantitative estimate of drug-likeness (QED) is 0.765. The van der Waals surface area contributed by atoms with Crippen molar-refractivity contribution < 1.29 is 4.79 Å². The molecule has 1 amide bonds. The molecule has 1 atom stereocenters. The summed E-state index contributed by atoms with van der Waals surface area (Å²) in [5.74, 6) is 0.733. The van der Waals surface area contributed by atoms with Gasteiger partial charge in [0.2, 0.25) is 5.91 Å². The van der Waals surface area contributed by atoms with E-state index in [0.717, 1.165) is 18.8 Å². The van der Waals surface area contributed by atoms with Gasteiger partial charge in [0.1, 0.15) is 12.4 Å². The number of aromatic nitrogens is 3. The van der Waals surface area contributed by atoms with Crippen LogP contribution in [0.4, 0.5) is 5.82 Å². The van der Waals surface area contributed by atoms with E-state index in [0.29, 0.717) is 17.4 Å². The van der Waals surface area contributed by atoms with Crippen molar-refractivity contribution in [1.29, 1.82) is 0 Å². The number of para-hydroxylation sites is 1. The Morgan fingerprint density at radius 2 is 2.00 bits per heavy atom. The fourth-order valence-electron chi connectivity index (χ4n) is 3.27. The Bertz CT molecular complexity index is 986. The van der Waals surface area contributed by atoms with Crippen LogP contribution in [0.15, 0.2) is 59.8 Å². The summed E-state index contributed by atoms with van der Waals surface area (Å²) < 4.78 is 1.35. The number of pyridine rings is 1. The second-order valence-corrected chi connectivity index (χ2v) is 6.38. The average Bonchev–Trinajstić information content (AvgIpc) is 3.13. The second-order valence-electron chi connectivity index (χ2n) is 6.38. The molecule has 26 heavy (non-hydrogen) atoms. The first-order valence-electron chi connectivity index (χ1n) is 8.60. The Morgan fingerprint density at radius 3 is 2.85 bits per heavy atom. The first-order valence-corrected chi connectivity index (χ1v) is 8.60. The SMILES string of the molecule is O=C(Cn1cnc2ccccc2c1=O)NC1CCN(c2ccccn2)C1. The minimum Gasteiger partial charge on any atom is -0.354 e. The number of benzene rings is 1. The predicted octanol–water partition coefficient (Wildman–Crippen LogP) is 1.19. The molecule has 1 N–H and O–H groups in total. The predicted molar refractivity (Wildman–Crippen MR) is 99.0 cm³/mol. The monoisotopic (exact) mass is 349 g/mol. The maximum atomic E-state index is 12.5. The molecule has 4 rings (SSSR count). The average molecular weight is 349 g/mol. The van der Waals surface area contributed by atoms with Gasteiger partial charge in [-0.3, -0.25) is 14.2 Å². The van der Waals surface area contributed by atoms with Crippen LogP contribution in [0.25, 0.3) is 10.9 Å².